The smallest absolute Gasteiger partial charge is 0.338 e. The molecule has 0 bridgehead atoms. The number of anilines is 2. The zero-order valence-corrected chi connectivity index (χ0v) is 23.2. The molecule has 0 N–H and O–H groups in total. The van der Waals surface area contributed by atoms with Gasteiger partial charge in [0.05, 0.1) is 33.8 Å². The molecule has 0 fully saturated rings. The van der Waals surface area contributed by atoms with E-state index in [4.69, 9.17) is 4.74 Å². The van der Waals surface area contributed by atoms with Crippen molar-refractivity contribution in [3.63, 3.8) is 0 Å². The van der Waals surface area contributed by atoms with Gasteiger partial charge in [-0.15, -0.1) is 0 Å². The zero-order chi connectivity index (χ0) is 27.4. The molecule has 198 valence electrons. The van der Waals surface area contributed by atoms with Crippen molar-refractivity contribution in [1.82, 2.24) is 0 Å². The van der Waals surface area contributed by atoms with E-state index in [2.05, 4.69) is 0 Å². The Bertz CT molecular complexity index is 1450. The highest BCUT2D eigenvalue weighted by atomic mass is 32.2. The Labute approximate surface area is 219 Å². The van der Waals surface area contributed by atoms with Gasteiger partial charge in [-0.25, -0.2) is 21.6 Å². The van der Waals surface area contributed by atoms with Crippen molar-refractivity contribution in [2.45, 2.75) is 37.5 Å². The first-order valence-electron chi connectivity index (χ1n) is 11.8. The lowest BCUT2D eigenvalue weighted by Crippen LogP contribution is -2.34. The summed E-state index contributed by atoms with van der Waals surface area (Å²) in [7, 11) is -6.60. The second-order valence-electron chi connectivity index (χ2n) is 8.90. The monoisotopic (exact) mass is 544 g/mol. The van der Waals surface area contributed by atoms with Crippen LogP contribution in [0.3, 0.4) is 0 Å². The molecule has 0 unspecified atom stereocenters. The molecular formula is C27H32N2O6S2. The van der Waals surface area contributed by atoms with Crippen LogP contribution in [-0.2, 0) is 24.8 Å². The molecule has 8 nitrogen and oxygen atoms in total. The van der Waals surface area contributed by atoms with E-state index >= 15 is 0 Å². The number of rotatable bonds is 10. The molecule has 0 aromatic heterocycles. The first kappa shape index (κ1) is 28.2. The molecule has 0 amide bonds. The minimum Gasteiger partial charge on any atom is -0.465 e. The lowest BCUT2D eigenvalue weighted by Gasteiger charge is -2.28. The number of nitrogens with zero attached hydrogens (tertiary/aromatic N) is 2. The number of ether oxygens (including phenoxy) is 1. The largest absolute Gasteiger partial charge is 0.465 e. The summed E-state index contributed by atoms with van der Waals surface area (Å²) in [6.07, 6.45) is 0. The van der Waals surface area contributed by atoms with Crippen LogP contribution >= 0.6 is 0 Å². The Morgan fingerprint density at radius 3 is 1.86 bits per heavy atom. The third kappa shape index (κ3) is 5.97. The second kappa shape index (κ2) is 11.4. The van der Waals surface area contributed by atoms with Crippen LogP contribution in [0.1, 0.15) is 36.7 Å². The molecule has 0 radical (unpaired) electrons. The summed E-state index contributed by atoms with van der Waals surface area (Å²) < 4.78 is 61.2. The molecule has 3 aromatic carbocycles. The van der Waals surface area contributed by atoms with Crippen LogP contribution in [0.4, 0.5) is 11.4 Å². The van der Waals surface area contributed by atoms with E-state index in [-0.39, 0.29) is 34.4 Å². The van der Waals surface area contributed by atoms with E-state index in [1.54, 1.807) is 74.5 Å². The first-order chi connectivity index (χ1) is 17.4. The average molecular weight is 545 g/mol. The van der Waals surface area contributed by atoms with Crippen LogP contribution in [0.5, 0.6) is 0 Å². The van der Waals surface area contributed by atoms with Crippen LogP contribution in [0.15, 0.2) is 82.6 Å². The summed E-state index contributed by atoms with van der Waals surface area (Å²) in [5.74, 6) is -0.567. The van der Waals surface area contributed by atoms with Crippen LogP contribution in [0, 0.1) is 12.8 Å². The van der Waals surface area contributed by atoms with Gasteiger partial charge in [-0.05, 0) is 73.9 Å². The summed E-state index contributed by atoms with van der Waals surface area (Å²) in [6, 6.07) is 18.9. The number of carbonyl (C=O) groups is 1. The third-order valence-electron chi connectivity index (χ3n) is 5.78. The Hall–Kier alpha value is -3.37. The quantitative estimate of drug-likeness (QED) is 0.338. The summed E-state index contributed by atoms with van der Waals surface area (Å²) in [4.78, 5) is 12.2. The predicted molar refractivity (Wildman–Crippen MR) is 145 cm³/mol. The van der Waals surface area contributed by atoms with Crippen molar-refractivity contribution < 1.29 is 26.4 Å². The van der Waals surface area contributed by atoms with Gasteiger partial charge in [-0.1, -0.05) is 38.1 Å². The number of sulfonamides is 2. The van der Waals surface area contributed by atoms with Gasteiger partial charge in [0.25, 0.3) is 20.0 Å². The van der Waals surface area contributed by atoms with E-state index in [9.17, 15) is 21.6 Å². The Morgan fingerprint density at radius 1 is 0.811 bits per heavy atom. The van der Waals surface area contributed by atoms with Crippen molar-refractivity contribution in [1.29, 1.82) is 0 Å². The fourth-order valence-electron chi connectivity index (χ4n) is 3.89. The van der Waals surface area contributed by atoms with Crippen molar-refractivity contribution in [2.24, 2.45) is 5.92 Å². The number of carbonyl (C=O) groups excluding carboxylic acids is 1. The van der Waals surface area contributed by atoms with Gasteiger partial charge in [0.1, 0.15) is 0 Å². The number of hydrogen-bond acceptors (Lipinski definition) is 6. The number of hydrogen-bond donors (Lipinski definition) is 0. The van der Waals surface area contributed by atoms with Crippen LogP contribution in [-0.4, -0.2) is 43.0 Å². The number of methoxy groups -OCH3 is 1. The van der Waals surface area contributed by atoms with Gasteiger partial charge < -0.3 is 4.74 Å². The third-order valence-corrected chi connectivity index (χ3v) is 9.48. The highest BCUT2D eigenvalue weighted by Gasteiger charge is 2.28. The van der Waals surface area contributed by atoms with Gasteiger partial charge in [0, 0.05) is 13.1 Å². The van der Waals surface area contributed by atoms with Gasteiger partial charge in [0.15, 0.2) is 0 Å². The summed E-state index contributed by atoms with van der Waals surface area (Å²) >= 11 is 0. The Kier molecular flexibility index (Phi) is 8.65. The number of esters is 1. The van der Waals surface area contributed by atoms with E-state index in [0.717, 1.165) is 0 Å². The van der Waals surface area contributed by atoms with Gasteiger partial charge in [0.2, 0.25) is 0 Å². The molecule has 10 heteroatoms. The highest BCUT2D eigenvalue weighted by molar-refractivity contribution is 7.93. The summed E-state index contributed by atoms with van der Waals surface area (Å²) in [5.41, 5.74) is 1.57. The van der Waals surface area contributed by atoms with Crippen molar-refractivity contribution >= 4 is 37.4 Å². The molecule has 0 aliphatic carbocycles. The lowest BCUT2D eigenvalue weighted by atomic mass is 10.1. The summed E-state index contributed by atoms with van der Waals surface area (Å²) in [5, 5.41) is 0. The maximum absolute atomic E-state index is 13.5. The zero-order valence-electron chi connectivity index (χ0n) is 21.6. The topological polar surface area (TPSA) is 101 Å². The van der Waals surface area contributed by atoms with E-state index in [1.807, 2.05) is 13.8 Å². The molecular weight excluding hydrogens is 512 g/mol. The molecule has 3 aromatic rings. The highest BCUT2D eigenvalue weighted by Crippen LogP contribution is 2.30. The minimum absolute atomic E-state index is 0.0440. The van der Waals surface area contributed by atoms with Crippen molar-refractivity contribution in [3.8, 4) is 0 Å². The van der Waals surface area contributed by atoms with Gasteiger partial charge in [-0.3, -0.25) is 8.61 Å². The molecule has 0 heterocycles. The van der Waals surface area contributed by atoms with Crippen LogP contribution < -0.4 is 8.61 Å². The van der Waals surface area contributed by atoms with E-state index in [1.165, 1.54) is 27.9 Å². The molecule has 37 heavy (non-hydrogen) atoms. The van der Waals surface area contributed by atoms with E-state index < -0.39 is 26.0 Å². The Morgan fingerprint density at radius 2 is 1.35 bits per heavy atom. The first-order valence-corrected chi connectivity index (χ1v) is 14.7. The van der Waals surface area contributed by atoms with Crippen LogP contribution in [0.25, 0.3) is 0 Å². The molecule has 0 saturated carbocycles. The standard InChI is InChI=1S/C27H32N2O6S2/c1-6-28(37(33,34)25-17-12-21(4)26(18-25)27(30)35-5)22-13-15-23(16-14-22)29(19-20(2)3)36(31,32)24-10-8-7-9-11-24/h7-18,20H,6,19H2,1-5H3. The summed E-state index contributed by atoms with van der Waals surface area (Å²) in [6.45, 7) is 7.64. The Balaban J connectivity index is 2.01. The maximum atomic E-state index is 13.5. The minimum atomic E-state index is -4.01. The molecule has 0 saturated heterocycles. The molecule has 3 rings (SSSR count). The SMILES string of the molecule is CCN(c1ccc(N(CC(C)C)S(=O)(=O)c2ccccc2)cc1)S(=O)(=O)c1ccc(C)c(C(=O)OC)c1. The fraction of sp³-hybridized carbons (Fsp3) is 0.296. The fourth-order valence-corrected chi connectivity index (χ4v) is 7.04. The lowest BCUT2D eigenvalue weighted by molar-refractivity contribution is 0.0599. The average Bonchev–Trinajstić information content (AvgIpc) is 2.88. The van der Waals surface area contributed by atoms with E-state index in [0.29, 0.717) is 16.9 Å². The predicted octanol–water partition coefficient (Wildman–Crippen LogP) is 4.85. The molecule has 0 atom stereocenters. The van der Waals surface area contributed by atoms with Gasteiger partial charge in [-0.2, -0.15) is 0 Å². The number of benzene rings is 3. The van der Waals surface area contributed by atoms with Crippen molar-refractivity contribution in [2.75, 3.05) is 28.8 Å². The molecule has 0 spiro atoms. The maximum Gasteiger partial charge on any atom is 0.338 e. The normalized spacial score (nSPS) is 11.8. The molecule has 0 aliphatic heterocycles. The number of aryl methyl sites for hydroxylation is 1. The molecule has 0 aliphatic rings. The van der Waals surface area contributed by atoms with Crippen molar-refractivity contribution in [3.05, 3.63) is 83.9 Å². The van der Waals surface area contributed by atoms with Gasteiger partial charge >= 0.3 is 5.97 Å². The van der Waals surface area contributed by atoms with Crippen LogP contribution in [0.2, 0.25) is 0 Å². The second-order valence-corrected chi connectivity index (χ2v) is 12.6.